The summed E-state index contributed by atoms with van der Waals surface area (Å²) in [5.74, 6) is 0.228. The molecule has 0 atom stereocenters. The molecular formula is C18H20ClF3N2O3. The molecule has 0 aliphatic heterocycles. The molecule has 2 rings (SSSR count). The van der Waals surface area contributed by atoms with E-state index in [1.54, 1.807) is 13.0 Å². The second-order valence-corrected chi connectivity index (χ2v) is 5.60. The molecule has 0 bridgehead atoms. The largest absolute Gasteiger partial charge is 0.493 e. The molecule has 148 valence electrons. The smallest absolute Gasteiger partial charge is 0.416 e. The van der Waals surface area contributed by atoms with Crippen LogP contribution >= 0.6 is 12.4 Å². The number of methoxy groups -OCH3 is 2. The molecule has 2 aromatic rings. The van der Waals surface area contributed by atoms with Gasteiger partial charge in [0.2, 0.25) is 0 Å². The Kier molecular flexibility index (Phi) is 7.50. The molecule has 0 fully saturated rings. The first kappa shape index (κ1) is 22.6. The number of rotatable bonds is 5. The lowest BCUT2D eigenvalue weighted by molar-refractivity contribution is -0.137. The fourth-order valence-electron chi connectivity index (χ4n) is 2.47. The molecule has 0 aliphatic rings. The highest BCUT2D eigenvalue weighted by molar-refractivity contribution is 6.05. The molecule has 0 heterocycles. The van der Waals surface area contributed by atoms with Gasteiger partial charge in [-0.3, -0.25) is 4.79 Å². The number of hydrogen-bond donors (Lipinski definition) is 2. The van der Waals surface area contributed by atoms with E-state index in [0.29, 0.717) is 17.1 Å². The van der Waals surface area contributed by atoms with Gasteiger partial charge in [0.25, 0.3) is 5.91 Å². The zero-order valence-electron chi connectivity index (χ0n) is 14.9. The summed E-state index contributed by atoms with van der Waals surface area (Å²) < 4.78 is 49.3. The third-order valence-corrected chi connectivity index (χ3v) is 3.79. The molecule has 3 N–H and O–H groups in total. The number of alkyl halides is 3. The quantitative estimate of drug-likeness (QED) is 0.784. The predicted molar refractivity (Wildman–Crippen MR) is 98.8 cm³/mol. The highest BCUT2D eigenvalue weighted by atomic mass is 35.5. The summed E-state index contributed by atoms with van der Waals surface area (Å²) in [6, 6.07) is 6.32. The van der Waals surface area contributed by atoms with Crippen molar-refractivity contribution in [3.63, 3.8) is 0 Å². The lowest BCUT2D eigenvalue weighted by Gasteiger charge is -2.15. The van der Waals surface area contributed by atoms with Gasteiger partial charge >= 0.3 is 6.18 Å². The Labute approximate surface area is 161 Å². The Hall–Kier alpha value is -2.45. The second-order valence-electron chi connectivity index (χ2n) is 5.60. The van der Waals surface area contributed by atoms with E-state index in [1.165, 1.54) is 26.4 Å². The van der Waals surface area contributed by atoms with Gasteiger partial charge in [-0.05, 0) is 48.4 Å². The molecule has 0 aliphatic carbocycles. The zero-order valence-corrected chi connectivity index (χ0v) is 15.8. The van der Waals surface area contributed by atoms with Crippen molar-refractivity contribution in [2.45, 2.75) is 19.6 Å². The van der Waals surface area contributed by atoms with Crippen LogP contribution in [-0.2, 0) is 12.7 Å². The Morgan fingerprint density at radius 3 is 2.19 bits per heavy atom. The first-order chi connectivity index (χ1) is 12.2. The maximum absolute atomic E-state index is 13.0. The van der Waals surface area contributed by atoms with Crippen molar-refractivity contribution in [3.05, 3.63) is 52.6 Å². The Bertz CT molecular complexity index is 826. The van der Waals surface area contributed by atoms with Gasteiger partial charge in [0.05, 0.1) is 19.8 Å². The number of nitrogens with one attached hydrogen (secondary N) is 1. The van der Waals surface area contributed by atoms with E-state index in [9.17, 15) is 18.0 Å². The minimum Gasteiger partial charge on any atom is -0.493 e. The summed E-state index contributed by atoms with van der Waals surface area (Å²) in [4.78, 5) is 12.5. The summed E-state index contributed by atoms with van der Waals surface area (Å²) in [5, 5.41) is 2.48. The van der Waals surface area contributed by atoms with Crippen LogP contribution in [0, 0.1) is 6.92 Å². The fraction of sp³-hybridized carbons (Fsp3) is 0.278. The third-order valence-electron chi connectivity index (χ3n) is 3.79. The van der Waals surface area contributed by atoms with Crippen LogP contribution in [-0.4, -0.2) is 20.1 Å². The SMILES string of the molecule is COc1cc(C)c(C(=O)Nc2cc(CN)cc(C(F)(F)F)c2)cc1OC.Cl. The number of carbonyl (C=O) groups excluding carboxylic acids is 1. The number of benzene rings is 2. The number of nitrogens with two attached hydrogens (primary N) is 1. The molecule has 0 aromatic heterocycles. The normalized spacial score (nSPS) is 10.8. The number of halogens is 4. The van der Waals surface area contributed by atoms with Gasteiger partial charge in [0.15, 0.2) is 11.5 Å². The van der Waals surface area contributed by atoms with E-state index in [4.69, 9.17) is 15.2 Å². The fourth-order valence-corrected chi connectivity index (χ4v) is 2.47. The van der Waals surface area contributed by atoms with E-state index in [1.807, 2.05) is 0 Å². The summed E-state index contributed by atoms with van der Waals surface area (Å²) in [7, 11) is 2.89. The Morgan fingerprint density at radius 1 is 1.07 bits per heavy atom. The van der Waals surface area contributed by atoms with E-state index in [2.05, 4.69) is 5.32 Å². The average Bonchev–Trinajstić information content (AvgIpc) is 2.60. The molecule has 9 heteroatoms. The third kappa shape index (κ3) is 5.27. The average molecular weight is 405 g/mol. The topological polar surface area (TPSA) is 73.6 Å². The predicted octanol–water partition coefficient (Wildman–Crippen LogP) is 4.16. The van der Waals surface area contributed by atoms with Crippen LogP contribution in [0.2, 0.25) is 0 Å². The van der Waals surface area contributed by atoms with Crippen molar-refractivity contribution in [1.82, 2.24) is 0 Å². The molecule has 0 unspecified atom stereocenters. The molecule has 0 saturated carbocycles. The summed E-state index contributed by atoms with van der Waals surface area (Å²) in [5.41, 5.74) is 5.71. The molecule has 27 heavy (non-hydrogen) atoms. The second kappa shape index (κ2) is 8.96. The van der Waals surface area contributed by atoms with Crippen LogP contribution < -0.4 is 20.5 Å². The van der Waals surface area contributed by atoms with Gasteiger partial charge in [-0.25, -0.2) is 0 Å². The minimum absolute atomic E-state index is 0. The number of carbonyl (C=O) groups is 1. The zero-order chi connectivity index (χ0) is 19.5. The van der Waals surface area contributed by atoms with Crippen molar-refractivity contribution in [2.24, 2.45) is 5.73 Å². The summed E-state index contributed by atoms with van der Waals surface area (Å²) in [6.07, 6.45) is -4.54. The summed E-state index contributed by atoms with van der Waals surface area (Å²) in [6.45, 7) is 1.61. The molecule has 5 nitrogen and oxygen atoms in total. The van der Waals surface area contributed by atoms with Crippen molar-refractivity contribution in [1.29, 1.82) is 0 Å². The number of hydrogen-bond acceptors (Lipinski definition) is 4. The maximum atomic E-state index is 13.0. The highest BCUT2D eigenvalue weighted by Gasteiger charge is 2.31. The maximum Gasteiger partial charge on any atom is 0.416 e. The van der Waals surface area contributed by atoms with E-state index < -0.39 is 17.6 Å². The lowest BCUT2D eigenvalue weighted by Crippen LogP contribution is -2.15. The van der Waals surface area contributed by atoms with E-state index in [0.717, 1.165) is 12.1 Å². The number of aryl methyl sites for hydroxylation is 1. The van der Waals surface area contributed by atoms with Crippen molar-refractivity contribution < 1.29 is 27.4 Å². The van der Waals surface area contributed by atoms with Gasteiger partial charge in [-0.15, -0.1) is 12.4 Å². The van der Waals surface area contributed by atoms with Crippen LogP contribution in [0.25, 0.3) is 0 Å². The molecule has 2 aromatic carbocycles. The molecule has 0 spiro atoms. The first-order valence-corrected chi connectivity index (χ1v) is 7.64. The van der Waals surface area contributed by atoms with Crippen molar-refractivity contribution >= 4 is 24.0 Å². The Balaban J connectivity index is 0.00000364. The van der Waals surface area contributed by atoms with Crippen LogP contribution in [0.1, 0.15) is 27.0 Å². The lowest BCUT2D eigenvalue weighted by atomic mass is 10.1. The van der Waals surface area contributed by atoms with Crippen molar-refractivity contribution in [3.8, 4) is 11.5 Å². The van der Waals surface area contributed by atoms with Crippen LogP contribution in [0.5, 0.6) is 11.5 Å². The number of anilines is 1. The van der Waals surface area contributed by atoms with Crippen molar-refractivity contribution in [2.75, 3.05) is 19.5 Å². The monoisotopic (exact) mass is 404 g/mol. The van der Waals surface area contributed by atoms with Gasteiger partial charge in [0, 0.05) is 17.8 Å². The molecule has 1 amide bonds. The number of amides is 1. The van der Waals surface area contributed by atoms with Crippen LogP contribution in [0.4, 0.5) is 18.9 Å². The Morgan fingerprint density at radius 2 is 1.67 bits per heavy atom. The summed E-state index contributed by atoms with van der Waals surface area (Å²) >= 11 is 0. The molecular weight excluding hydrogens is 385 g/mol. The van der Waals surface area contributed by atoms with Gasteiger partial charge in [-0.1, -0.05) is 0 Å². The van der Waals surface area contributed by atoms with Gasteiger partial charge in [-0.2, -0.15) is 13.2 Å². The molecule has 0 radical (unpaired) electrons. The van der Waals surface area contributed by atoms with Crippen LogP contribution in [0.3, 0.4) is 0 Å². The van der Waals surface area contributed by atoms with Gasteiger partial charge in [0.1, 0.15) is 0 Å². The van der Waals surface area contributed by atoms with Gasteiger partial charge < -0.3 is 20.5 Å². The minimum atomic E-state index is -4.54. The van der Waals surface area contributed by atoms with E-state index >= 15 is 0 Å². The molecule has 0 saturated heterocycles. The first-order valence-electron chi connectivity index (χ1n) is 7.64. The standard InChI is InChI=1S/C18H19F3N2O3.ClH/c1-10-4-15(25-2)16(26-3)8-14(10)17(24)23-13-6-11(9-22)5-12(7-13)18(19,20)21;/h4-8H,9,22H2,1-3H3,(H,23,24);1H. The highest BCUT2D eigenvalue weighted by Crippen LogP contribution is 2.33. The number of ether oxygens (including phenoxy) is 2. The van der Waals surface area contributed by atoms with Crippen LogP contribution in [0.15, 0.2) is 30.3 Å². The van der Waals surface area contributed by atoms with E-state index in [-0.39, 0.29) is 35.8 Å².